The SMILES string of the molecule is C[C@H](N)C(=O)O[C@@H](C)[C@H](OCC1CC1)C1CC1. The second kappa shape index (κ2) is 5.36. The van der Waals surface area contributed by atoms with Crippen molar-refractivity contribution >= 4 is 5.97 Å². The zero-order valence-electron chi connectivity index (χ0n) is 10.7. The number of hydrogen-bond acceptors (Lipinski definition) is 4. The standard InChI is InChI=1S/C13H23NO3/c1-8(14)13(15)17-9(2)12(11-5-6-11)16-7-10-3-4-10/h8-12H,3-7,14H2,1-2H3/t8-,9-,12-/m0/s1. The highest BCUT2D eigenvalue weighted by atomic mass is 16.6. The molecule has 0 heterocycles. The van der Waals surface area contributed by atoms with Crippen molar-refractivity contribution in [2.45, 2.75) is 57.8 Å². The topological polar surface area (TPSA) is 61.6 Å². The Labute approximate surface area is 103 Å². The highest BCUT2D eigenvalue weighted by Gasteiger charge is 2.38. The summed E-state index contributed by atoms with van der Waals surface area (Å²) in [4.78, 5) is 11.4. The summed E-state index contributed by atoms with van der Waals surface area (Å²) < 4.78 is 11.3. The van der Waals surface area contributed by atoms with Gasteiger partial charge in [-0.15, -0.1) is 0 Å². The molecule has 3 atom stereocenters. The van der Waals surface area contributed by atoms with Gasteiger partial charge in [-0.2, -0.15) is 0 Å². The molecule has 0 aromatic heterocycles. The van der Waals surface area contributed by atoms with Crippen molar-refractivity contribution in [3.63, 3.8) is 0 Å². The van der Waals surface area contributed by atoms with Crippen LogP contribution in [0.4, 0.5) is 0 Å². The van der Waals surface area contributed by atoms with Gasteiger partial charge in [0.25, 0.3) is 0 Å². The van der Waals surface area contributed by atoms with Crippen molar-refractivity contribution in [3.05, 3.63) is 0 Å². The molecule has 2 N–H and O–H groups in total. The van der Waals surface area contributed by atoms with Gasteiger partial charge in [-0.25, -0.2) is 0 Å². The van der Waals surface area contributed by atoms with Crippen LogP contribution in [0.3, 0.4) is 0 Å². The first-order valence-electron chi connectivity index (χ1n) is 6.65. The lowest BCUT2D eigenvalue weighted by atomic mass is 10.1. The first kappa shape index (κ1) is 12.8. The summed E-state index contributed by atoms with van der Waals surface area (Å²) in [6.45, 7) is 4.38. The lowest BCUT2D eigenvalue weighted by Crippen LogP contribution is -2.38. The Hall–Kier alpha value is -0.610. The summed E-state index contributed by atoms with van der Waals surface area (Å²) in [6, 6.07) is -0.555. The van der Waals surface area contributed by atoms with Crippen molar-refractivity contribution < 1.29 is 14.3 Å². The molecule has 98 valence electrons. The predicted octanol–water partition coefficient (Wildman–Crippen LogP) is 1.47. The average Bonchev–Trinajstić information content (AvgIpc) is 3.12. The summed E-state index contributed by atoms with van der Waals surface area (Å²) in [5, 5.41) is 0. The Morgan fingerprint density at radius 1 is 1.29 bits per heavy atom. The summed E-state index contributed by atoms with van der Waals surface area (Å²) >= 11 is 0. The maximum atomic E-state index is 11.4. The summed E-state index contributed by atoms with van der Waals surface area (Å²) in [5.41, 5.74) is 5.49. The van der Waals surface area contributed by atoms with E-state index in [1.165, 1.54) is 25.7 Å². The van der Waals surface area contributed by atoms with Gasteiger partial charge < -0.3 is 15.2 Å². The predicted molar refractivity (Wildman–Crippen MR) is 64.4 cm³/mol. The van der Waals surface area contributed by atoms with Gasteiger partial charge in [-0.1, -0.05) is 0 Å². The molecule has 0 aromatic rings. The van der Waals surface area contributed by atoms with Gasteiger partial charge in [0.1, 0.15) is 12.1 Å². The van der Waals surface area contributed by atoms with E-state index in [1.807, 2.05) is 6.92 Å². The minimum atomic E-state index is -0.555. The van der Waals surface area contributed by atoms with Crippen LogP contribution in [-0.2, 0) is 14.3 Å². The molecule has 2 rings (SSSR count). The Balaban J connectivity index is 1.78. The monoisotopic (exact) mass is 241 g/mol. The molecular formula is C13H23NO3. The van der Waals surface area contributed by atoms with Crippen LogP contribution in [0.15, 0.2) is 0 Å². The van der Waals surface area contributed by atoms with Crippen LogP contribution in [0.2, 0.25) is 0 Å². The number of nitrogens with two attached hydrogens (primary N) is 1. The molecule has 2 aliphatic carbocycles. The molecule has 0 saturated heterocycles. The van der Waals surface area contributed by atoms with E-state index >= 15 is 0 Å². The van der Waals surface area contributed by atoms with Gasteiger partial charge in [0, 0.05) is 6.61 Å². The van der Waals surface area contributed by atoms with Crippen LogP contribution in [-0.4, -0.2) is 30.8 Å². The summed E-state index contributed by atoms with van der Waals surface area (Å²) in [6.07, 6.45) is 4.83. The van der Waals surface area contributed by atoms with E-state index in [9.17, 15) is 4.79 Å². The third-order valence-electron chi connectivity index (χ3n) is 3.44. The van der Waals surface area contributed by atoms with Gasteiger partial charge in [-0.05, 0) is 51.4 Å². The quantitative estimate of drug-likeness (QED) is 0.686. The van der Waals surface area contributed by atoms with Gasteiger partial charge in [-0.3, -0.25) is 4.79 Å². The van der Waals surface area contributed by atoms with Crippen molar-refractivity contribution in [3.8, 4) is 0 Å². The molecule has 4 heteroatoms. The lowest BCUT2D eigenvalue weighted by molar-refractivity contribution is -0.158. The van der Waals surface area contributed by atoms with Gasteiger partial charge in [0.05, 0.1) is 6.10 Å². The maximum absolute atomic E-state index is 11.4. The molecule has 0 bridgehead atoms. The average molecular weight is 241 g/mol. The van der Waals surface area contributed by atoms with Crippen LogP contribution in [0.5, 0.6) is 0 Å². The first-order chi connectivity index (χ1) is 8.08. The van der Waals surface area contributed by atoms with Crippen LogP contribution in [0.25, 0.3) is 0 Å². The fraction of sp³-hybridized carbons (Fsp3) is 0.923. The van der Waals surface area contributed by atoms with E-state index in [2.05, 4.69) is 0 Å². The minimum absolute atomic E-state index is 0.0679. The number of ether oxygens (including phenoxy) is 2. The molecule has 0 aromatic carbocycles. The number of rotatable bonds is 7. The highest BCUT2D eigenvalue weighted by molar-refractivity contribution is 5.75. The molecule has 17 heavy (non-hydrogen) atoms. The highest BCUT2D eigenvalue weighted by Crippen LogP contribution is 2.38. The molecule has 4 nitrogen and oxygen atoms in total. The van der Waals surface area contributed by atoms with E-state index in [0.717, 1.165) is 12.5 Å². The summed E-state index contributed by atoms with van der Waals surface area (Å²) in [7, 11) is 0. The second-order valence-corrected chi connectivity index (χ2v) is 5.51. The number of hydrogen-bond donors (Lipinski definition) is 1. The number of carbonyl (C=O) groups excluding carboxylic acids is 1. The Morgan fingerprint density at radius 2 is 1.94 bits per heavy atom. The Bertz CT molecular complexity index is 272. The van der Waals surface area contributed by atoms with Crippen LogP contribution in [0.1, 0.15) is 39.5 Å². The molecule has 0 radical (unpaired) electrons. The minimum Gasteiger partial charge on any atom is -0.459 e. The molecule has 0 spiro atoms. The fourth-order valence-electron chi connectivity index (χ4n) is 1.97. The van der Waals surface area contributed by atoms with Crippen LogP contribution < -0.4 is 5.73 Å². The largest absolute Gasteiger partial charge is 0.459 e. The van der Waals surface area contributed by atoms with E-state index in [1.54, 1.807) is 6.92 Å². The van der Waals surface area contributed by atoms with E-state index in [4.69, 9.17) is 15.2 Å². The van der Waals surface area contributed by atoms with Crippen LogP contribution >= 0.6 is 0 Å². The molecular weight excluding hydrogens is 218 g/mol. The Morgan fingerprint density at radius 3 is 2.41 bits per heavy atom. The lowest BCUT2D eigenvalue weighted by Gasteiger charge is -2.25. The first-order valence-corrected chi connectivity index (χ1v) is 6.65. The van der Waals surface area contributed by atoms with Crippen LogP contribution in [0, 0.1) is 11.8 Å². The van der Waals surface area contributed by atoms with E-state index < -0.39 is 6.04 Å². The number of carbonyl (C=O) groups is 1. The zero-order valence-corrected chi connectivity index (χ0v) is 10.7. The normalized spacial score (nSPS) is 25.1. The smallest absolute Gasteiger partial charge is 0.322 e. The third-order valence-corrected chi connectivity index (χ3v) is 3.44. The zero-order chi connectivity index (χ0) is 12.4. The molecule has 2 aliphatic rings. The maximum Gasteiger partial charge on any atom is 0.322 e. The summed E-state index contributed by atoms with van der Waals surface area (Å²) in [5.74, 6) is 0.982. The van der Waals surface area contributed by atoms with Crippen molar-refractivity contribution in [1.82, 2.24) is 0 Å². The molecule has 2 fully saturated rings. The Kier molecular flexibility index (Phi) is 4.05. The van der Waals surface area contributed by atoms with E-state index in [0.29, 0.717) is 5.92 Å². The van der Waals surface area contributed by atoms with E-state index in [-0.39, 0.29) is 18.2 Å². The molecule has 0 amide bonds. The third kappa shape index (κ3) is 3.96. The second-order valence-electron chi connectivity index (χ2n) is 5.51. The van der Waals surface area contributed by atoms with Gasteiger partial charge in [0.2, 0.25) is 0 Å². The van der Waals surface area contributed by atoms with Crippen molar-refractivity contribution in [1.29, 1.82) is 0 Å². The molecule has 0 aliphatic heterocycles. The number of esters is 1. The molecule has 0 unspecified atom stereocenters. The van der Waals surface area contributed by atoms with Gasteiger partial charge >= 0.3 is 5.97 Å². The molecule has 2 saturated carbocycles. The van der Waals surface area contributed by atoms with Gasteiger partial charge in [0.15, 0.2) is 0 Å². The fourth-order valence-corrected chi connectivity index (χ4v) is 1.97. The van der Waals surface area contributed by atoms with Crippen molar-refractivity contribution in [2.75, 3.05) is 6.61 Å². The van der Waals surface area contributed by atoms with Crippen molar-refractivity contribution in [2.24, 2.45) is 17.6 Å².